The van der Waals surface area contributed by atoms with Gasteiger partial charge in [0, 0.05) is 10.9 Å². The lowest BCUT2D eigenvalue weighted by atomic mass is 9.95. The molecule has 0 unspecified atom stereocenters. The van der Waals surface area contributed by atoms with Gasteiger partial charge in [0.25, 0.3) is 5.91 Å². The topological polar surface area (TPSA) is 38.3 Å². The second-order valence-electron chi connectivity index (χ2n) is 5.91. The van der Waals surface area contributed by atoms with E-state index in [2.05, 4.69) is 11.4 Å². The van der Waals surface area contributed by atoms with Gasteiger partial charge >= 0.3 is 0 Å². The Morgan fingerprint density at radius 1 is 1.35 bits per heavy atom. The van der Waals surface area contributed by atoms with Gasteiger partial charge in [-0.15, -0.1) is 11.8 Å². The summed E-state index contributed by atoms with van der Waals surface area (Å²) in [4.78, 5) is 13.6. The zero-order valence-corrected chi connectivity index (χ0v) is 15.0. The van der Waals surface area contributed by atoms with Crippen LogP contribution in [0.2, 0.25) is 0 Å². The summed E-state index contributed by atoms with van der Waals surface area (Å²) >= 11 is 1.68. The maximum absolute atomic E-state index is 12.5. The third kappa shape index (κ3) is 5.94. The van der Waals surface area contributed by atoms with E-state index in [1.54, 1.807) is 11.8 Å². The molecule has 1 aromatic carbocycles. The number of hydrogen-bond acceptors (Lipinski definition) is 3. The predicted octanol–water partition coefficient (Wildman–Crippen LogP) is 4.57. The molecule has 0 atom stereocenters. The Bertz CT molecular complexity index is 536. The van der Waals surface area contributed by atoms with Gasteiger partial charge in [-0.05, 0) is 43.7 Å². The van der Waals surface area contributed by atoms with Gasteiger partial charge in [-0.3, -0.25) is 4.79 Å². The Kier molecular flexibility index (Phi) is 7.53. The van der Waals surface area contributed by atoms with E-state index in [1.165, 1.54) is 19.3 Å². The van der Waals surface area contributed by atoms with Crippen molar-refractivity contribution in [2.75, 3.05) is 12.9 Å². The lowest BCUT2D eigenvalue weighted by molar-refractivity contribution is -0.118. The molecule has 0 aromatic heterocycles. The molecule has 1 fully saturated rings. The Labute approximate surface area is 143 Å². The number of allylic oxidation sites excluding steroid dienone is 1. The van der Waals surface area contributed by atoms with Crippen LogP contribution < -0.4 is 10.1 Å². The Balaban J connectivity index is 1.92. The van der Waals surface area contributed by atoms with Crippen molar-refractivity contribution in [2.45, 2.75) is 56.4 Å². The minimum atomic E-state index is 0.0276. The molecule has 3 nitrogen and oxygen atoms in total. The van der Waals surface area contributed by atoms with Crippen molar-refractivity contribution < 1.29 is 9.53 Å². The number of amides is 1. The van der Waals surface area contributed by atoms with Crippen molar-refractivity contribution >= 4 is 17.7 Å². The van der Waals surface area contributed by atoms with Crippen molar-refractivity contribution in [1.82, 2.24) is 5.32 Å². The van der Waals surface area contributed by atoms with Crippen LogP contribution >= 0.6 is 11.8 Å². The first kappa shape index (κ1) is 17.9. The second kappa shape index (κ2) is 9.66. The average molecular weight is 333 g/mol. The highest BCUT2D eigenvalue weighted by Gasteiger charge is 2.18. The van der Waals surface area contributed by atoms with Crippen LogP contribution in [0.3, 0.4) is 0 Å². The number of ether oxygens (including phenoxy) is 1. The molecule has 126 valence electrons. The molecule has 0 spiro atoms. The highest BCUT2D eigenvalue weighted by Crippen LogP contribution is 2.21. The molecular formula is C19H27NO2S. The van der Waals surface area contributed by atoms with E-state index in [0.29, 0.717) is 12.6 Å². The van der Waals surface area contributed by atoms with E-state index in [0.717, 1.165) is 35.5 Å². The fraction of sp³-hybridized carbons (Fsp3) is 0.526. The highest BCUT2D eigenvalue weighted by molar-refractivity contribution is 7.98. The molecule has 23 heavy (non-hydrogen) atoms. The fourth-order valence-corrected chi connectivity index (χ4v) is 3.29. The summed E-state index contributed by atoms with van der Waals surface area (Å²) in [5, 5.41) is 3.17. The summed E-state index contributed by atoms with van der Waals surface area (Å²) in [6, 6.07) is 8.30. The molecule has 2 rings (SSSR count). The number of thioether (sulfide) groups is 1. The molecule has 0 heterocycles. The predicted molar refractivity (Wildman–Crippen MR) is 97.1 cm³/mol. The first-order valence-electron chi connectivity index (χ1n) is 8.49. The van der Waals surface area contributed by atoms with Crippen molar-refractivity contribution in [3.8, 4) is 5.75 Å². The van der Waals surface area contributed by atoms with E-state index in [1.807, 2.05) is 37.5 Å². The van der Waals surface area contributed by atoms with Crippen molar-refractivity contribution in [1.29, 1.82) is 0 Å². The zero-order chi connectivity index (χ0) is 16.5. The van der Waals surface area contributed by atoms with Gasteiger partial charge in [-0.2, -0.15) is 0 Å². The molecular weight excluding hydrogens is 306 g/mol. The van der Waals surface area contributed by atoms with E-state index in [9.17, 15) is 4.79 Å². The third-order valence-electron chi connectivity index (χ3n) is 4.12. The van der Waals surface area contributed by atoms with E-state index in [4.69, 9.17) is 4.74 Å². The Morgan fingerprint density at radius 3 is 2.83 bits per heavy atom. The standard InChI is InChI=1S/C19H27NO2S/c1-3-8-15(19(21)20-16-9-5-4-6-10-16)14-22-17-11-7-12-18(13-17)23-2/h7-8,11-13,16H,3-6,9-10,14H2,1-2H3,(H,20,21)/b15-8+. The van der Waals surface area contributed by atoms with E-state index in [-0.39, 0.29) is 5.91 Å². The summed E-state index contributed by atoms with van der Waals surface area (Å²) < 4.78 is 5.83. The summed E-state index contributed by atoms with van der Waals surface area (Å²) in [5.74, 6) is 0.837. The highest BCUT2D eigenvalue weighted by atomic mass is 32.2. The van der Waals surface area contributed by atoms with Gasteiger partial charge in [0.15, 0.2) is 0 Å². The molecule has 1 saturated carbocycles. The van der Waals surface area contributed by atoms with Gasteiger partial charge in [-0.1, -0.05) is 38.3 Å². The van der Waals surface area contributed by atoms with E-state index < -0.39 is 0 Å². The lowest BCUT2D eigenvalue weighted by Crippen LogP contribution is -2.38. The number of hydrogen-bond donors (Lipinski definition) is 1. The van der Waals surface area contributed by atoms with Crippen LogP contribution in [0, 0.1) is 0 Å². The van der Waals surface area contributed by atoms with Crippen LogP contribution in [-0.2, 0) is 4.79 Å². The van der Waals surface area contributed by atoms with Crippen LogP contribution in [0.4, 0.5) is 0 Å². The molecule has 0 bridgehead atoms. The van der Waals surface area contributed by atoms with Crippen LogP contribution in [0.5, 0.6) is 5.75 Å². The zero-order valence-electron chi connectivity index (χ0n) is 14.1. The number of carbonyl (C=O) groups is 1. The van der Waals surface area contributed by atoms with Crippen molar-refractivity contribution in [3.63, 3.8) is 0 Å². The molecule has 4 heteroatoms. The van der Waals surface area contributed by atoms with Crippen LogP contribution in [-0.4, -0.2) is 24.8 Å². The average Bonchev–Trinajstić information content (AvgIpc) is 2.59. The normalized spacial score (nSPS) is 16.2. The molecule has 0 saturated heterocycles. The molecule has 0 radical (unpaired) electrons. The first-order valence-corrected chi connectivity index (χ1v) is 9.72. The van der Waals surface area contributed by atoms with Gasteiger partial charge < -0.3 is 10.1 Å². The molecule has 1 aromatic rings. The van der Waals surface area contributed by atoms with Crippen LogP contribution in [0.15, 0.2) is 40.8 Å². The largest absolute Gasteiger partial charge is 0.489 e. The maximum atomic E-state index is 12.5. The number of nitrogens with one attached hydrogen (secondary N) is 1. The van der Waals surface area contributed by atoms with Crippen molar-refractivity contribution in [2.24, 2.45) is 0 Å². The smallest absolute Gasteiger partial charge is 0.250 e. The van der Waals surface area contributed by atoms with Crippen LogP contribution in [0.1, 0.15) is 45.4 Å². The number of rotatable bonds is 7. The fourth-order valence-electron chi connectivity index (χ4n) is 2.84. The quantitative estimate of drug-likeness (QED) is 0.586. The minimum Gasteiger partial charge on any atom is -0.489 e. The Hall–Kier alpha value is -1.42. The lowest BCUT2D eigenvalue weighted by Gasteiger charge is -2.23. The maximum Gasteiger partial charge on any atom is 0.250 e. The van der Waals surface area contributed by atoms with Gasteiger partial charge in [0.05, 0.1) is 5.57 Å². The monoisotopic (exact) mass is 333 g/mol. The Morgan fingerprint density at radius 2 is 2.13 bits per heavy atom. The van der Waals surface area contributed by atoms with Gasteiger partial charge in [-0.25, -0.2) is 0 Å². The first-order chi connectivity index (χ1) is 11.2. The molecule has 1 aliphatic rings. The summed E-state index contributed by atoms with van der Waals surface area (Å²) in [5.41, 5.74) is 0.729. The molecule has 1 amide bonds. The second-order valence-corrected chi connectivity index (χ2v) is 6.79. The SMILES string of the molecule is CC/C=C(\COc1cccc(SC)c1)C(=O)NC1CCCCC1. The third-order valence-corrected chi connectivity index (χ3v) is 4.84. The number of benzene rings is 1. The summed E-state index contributed by atoms with van der Waals surface area (Å²) in [6.45, 7) is 2.37. The van der Waals surface area contributed by atoms with E-state index >= 15 is 0 Å². The molecule has 1 aliphatic carbocycles. The summed E-state index contributed by atoms with van der Waals surface area (Å²) in [7, 11) is 0. The summed E-state index contributed by atoms with van der Waals surface area (Å²) in [6.07, 6.45) is 10.8. The van der Waals surface area contributed by atoms with Gasteiger partial charge in [0.2, 0.25) is 0 Å². The van der Waals surface area contributed by atoms with Crippen LogP contribution in [0.25, 0.3) is 0 Å². The van der Waals surface area contributed by atoms with Crippen molar-refractivity contribution in [3.05, 3.63) is 35.9 Å². The molecule has 1 N–H and O–H groups in total. The number of carbonyl (C=O) groups excluding carboxylic acids is 1. The molecule has 0 aliphatic heterocycles. The van der Waals surface area contributed by atoms with Gasteiger partial charge in [0.1, 0.15) is 12.4 Å². The minimum absolute atomic E-state index is 0.0276.